The summed E-state index contributed by atoms with van der Waals surface area (Å²) in [5, 5.41) is 7.47. The largest absolute Gasteiger partial charge is 0.384 e. The average Bonchev–Trinajstić information content (AvgIpc) is 3.41. The molecule has 0 spiro atoms. The normalized spacial score (nSPS) is 19.1. The van der Waals surface area contributed by atoms with E-state index < -0.39 is 0 Å². The van der Waals surface area contributed by atoms with Crippen molar-refractivity contribution >= 4 is 22.7 Å². The van der Waals surface area contributed by atoms with Crippen molar-refractivity contribution in [1.29, 1.82) is 0 Å². The standard InChI is InChI=1S/C41H54N6/c1-9-31(28-47-17-12-11-13-18-47)22-32(10-2)33-15-14-30(4)36(24-33)40(42-6)41(5)25-37-38(26-43-27-39(37)45-41)34-20-29(3)21-35(23-34)44-16-19-46(7)8/h9-10,14-15,20-24,26-27,44-45H,1,11-13,16-19,25,28H2,2-8H3/b31-22+,32-10+,42-40?. The Kier molecular flexibility index (Phi) is 11.2. The third-order valence-corrected chi connectivity index (χ3v) is 9.62. The molecule has 3 aromatic rings. The van der Waals surface area contributed by atoms with Crippen LogP contribution in [-0.2, 0) is 6.42 Å². The lowest BCUT2D eigenvalue weighted by atomic mass is 9.83. The molecule has 1 saturated heterocycles. The number of piperidine rings is 1. The van der Waals surface area contributed by atoms with Crippen LogP contribution < -0.4 is 10.6 Å². The number of rotatable bonds is 12. The van der Waals surface area contributed by atoms with Crippen LogP contribution in [0.25, 0.3) is 16.7 Å². The molecular weight excluding hydrogens is 576 g/mol. The van der Waals surface area contributed by atoms with Gasteiger partial charge in [0, 0.05) is 56.1 Å². The Morgan fingerprint density at radius 3 is 2.60 bits per heavy atom. The third-order valence-electron chi connectivity index (χ3n) is 9.62. The van der Waals surface area contributed by atoms with Crippen LogP contribution in [0.4, 0.5) is 11.4 Å². The van der Waals surface area contributed by atoms with E-state index in [-0.39, 0.29) is 5.54 Å². The summed E-state index contributed by atoms with van der Waals surface area (Å²) >= 11 is 0. The quantitative estimate of drug-likeness (QED) is 0.156. The van der Waals surface area contributed by atoms with Crippen LogP contribution in [0.3, 0.4) is 0 Å². The summed E-state index contributed by atoms with van der Waals surface area (Å²) in [6.07, 6.45) is 15.3. The SMILES string of the molecule is C=C/C(=C\C(=C/C)c1ccc(C)c(C(=NC)C2(C)Cc3c(cncc3-c3cc(C)cc(NCCN(C)C)c3)N2)c1)CN1CCCCC1. The zero-order valence-electron chi connectivity index (χ0n) is 29.7. The van der Waals surface area contributed by atoms with E-state index in [1.165, 1.54) is 82.4 Å². The van der Waals surface area contributed by atoms with Crippen LogP contribution in [0.15, 0.2) is 84.2 Å². The number of likely N-dealkylation sites (N-methyl/N-ethyl adjacent to an activating group) is 1. The zero-order valence-corrected chi connectivity index (χ0v) is 29.7. The number of hydrogen-bond acceptors (Lipinski definition) is 6. The maximum absolute atomic E-state index is 4.98. The summed E-state index contributed by atoms with van der Waals surface area (Å²) in [7, 11) is 6.13. The molecule has 5 rings (SSSR count). The maximum atomic E-state index is 4.98. The Labute approximate surface area is 283 Å². The summed E-state index contributed by atoms with van der Waals surface area (Å²) < 4.78 is 0. The van der Waals surface area contributed by atoms with Gasteiger partial charge in [0.2, 0.25) is 0 Å². The molecule has 2 N–H and O–H groups in total. The number of aryl methyl sites for hydroxylation is 2. The fraction of sp³-hybridized carbons (Fsp3) is 0.415. The van der Waals surface area contributed by atoms with E-state index in [0.717, 1.165) is 43.1 Å². The predicted molar refractivity (Wildman–Crippen MR) is 203 cm³/mol. The summed E-state index contributed by atoms with van der Waals surface area (Å²) in [5.74, 6) is 0. The molecule has 6 heteroatoms. The van der Waals surface area contributed by atoms with Crippen molar-refractivity contribution in [3.05, 3.63) is 107 Å². The number of pyridine rings is 1. The van der Waals surface area contributed by atoms with Gasteiger partial charge in [-0.3, -0.25) is 14.9 Å². The van der Waals surface area contributed by atoms with Gasteiger partial charge in [0.1, 0.15) is 0 Å². The van der Waals surface area contributed by atoms with E-state index in [4.69, 9.17) is 4.99 Å². The van der Waals surface area contributed by atoms with Gasteiger partial charge < -0.3 is 15.5 Å². The maximum Gasteiger partial charge on any atom is 0.0811 e. The van der Waals surface area contributed by atoms with Crippen molar-refractivity contribution in [2.24, 2.45) is 4.99 Å². The van der Waals surface area contributed by atoms with Gasteiger partial charge in [-0.25, -0.2) is 0 Å². The lowest BCUT2D eigenvalue weighted by Crippen LogP contribution is -2.42. The van der Waals surface area contributed by atoms with Crippen molar-refractivity contribution in [2.45, 2.75) is 58.9 Å². The van der Waals surface area contributed by atoms with E-state index in [1.807, 2.05) is 25.5 Å². The second-order valence-electron chi connectivity index (χ2n) is 13.8. The molecule has 3 heterocycles. The molecule has 0 radical (unpaired) electrons. The topological polar surface area (TPSA) is 55.8 Å². The molecule has 1 aromatic heterocycles. The van der Waals surface area contributed by atoms with Crippen LogP contribution in [0.5, 0.6) is 0 Å². The summed E-state index contributed by atoms with van der Waals surface area (Å²) in [6.45, 7) is 18.1. The van der Waals surface area contributed by atoms with Gasteiger partial charge in [0.05, 0.1) is 23.1 Å². The Hall–Kier alpha value is -4.00. The Bertz CT molecular complexity index is 1670. The number of aliphatic imine (C=N–C) groups is 1. The number of aromatic nitrogens is 1. The van der Waals surface area contributed by atoms with Crippen molar-refractivity contribution in [3.8, 4) is 11.1 Å². The fourth-order valence-electron chi connectivity index (χ4n) is 7.14. The van der Waals surface area contributed by atoms with Gasteiger partial charge in [0.25, 0.3) is 0 Å². The average molecular weight is 631 g/mol. The second-order valence-corrected chi connectivity index (χ2v) is 13.8. The van der Waals surface area contributed by atoms with E-state index in [2.05, 4.69) is 122 Å². The van der Waals surface area contributed by atoms with Gasteiger partial charge in [-0.2, -0.15) is 0 Å². The van der Waals surface area contributed by atoms with Gasteiger partial charge in [-0.05, 0) is 125 Å². The zero-order chi connectivity index (χ0) is 33.6. The van der Waals surface area contributed by atoms with Crippen molar-refractivity contribution in [2.75, 3.05) is 64.5 Å². The highest BCUT2D eigenvalue weighted by Gasteiger charge is 2.39. The molecule has 6 nitrogen and oxygen atoms in total. The van der Waals surface area contributed by atoms with E-state index in [0.29, 0.717) is 0 Å². The Balaban J connectivity index is 1.43. The number of anilines is 2. The van der Waals surface area contributed by atoms with Crippen molar-refractivity contribution in [3.63, 3.8) is 0 Å². The van der Waals surface area contributed by atoms with Crippen LogP contribution in [0, 0.1) is 13.8 Å². The minimum absolute atomic E-state index is 0.388. The number of benzene rings is 2. The molecule has 1 atom stereocenters. The van der Waals surface area contributed by atoms with Crippen LogP contribution in [0.1, 0.15) is 60.9 Å². The summed E-state index contributed by atoms with van der Waals surface area (Å²) in [4.78, 5) is 14.4. The lowest BCUT2D eigenvalue weighted by Gasteiger charge is -2.29. The minimum atomic E-state index is -0.388. The molecule has 248 valence electrons. The van der Waals surface area contributed by atoms with Gasteiger partial charge in [0.15, 0.2) is 0 Å². The van der Waals surface area contributed by atoms with E-state index in [9.17, 15) is 0 Å². The molecule has 0 amide bonds. The molecule has 1 fully saturated rings. The summed E-state index contributed by atoms with van der Waals surface area (Å²) in [5.41, 5.74) is 13.8. The number of hydrogen-bond donors (Lipinski definition) is 2. The molecule has 2 aliphatic heterocycles. The van der Waals surface area contributed by atoms with Crippen molar-refractivity contribution in [1.82, 2.24) is 14.8 Å². The van der Waals surface area contributed by atoms with Crippen molar-refractivity contribution < 1.29 is 0 Å². The highest BCUT2D eigenvalue weighted by Crippen LogP contribution is 2.41. The first-order valence-corrected chi connectivity index (χ1v) is 17.2. The molecule has 2 aromatic carbocycles. The van der Waals surface area contributed by atoms with Gasteiger partial charge in [-0.1, -0.05) is 49.4 Å². The van der Waals surface area contributed by atoms with Gasteiger partial charge in [-0.15, -0.1) is 0 Å². The second kappa shape index (κ2) is 15.3. The smallest absolute Gasteiger partial charge is 0.0811 e. The predicted octanol–water partition coefficient (Wildman–Crippen LogP) is 8.19. The van der Waals surface area contributed by atoms with Gasteiger partial charge >= 0.3 is 0 Å². The van der Waals surface area contributed by atoms with E-state index >= 15 is 0 Å². The molecule has 47 heavy (non-hydrogen) atoms. The first-order valence-electron chi connectivity index (χ1n) is 17.2. The fourth-order valence-corrected chi connectivity index (χ4v) is 7.14. The third kappa shape index (κ3) is 8.11. The summed E-state index contributed by atoms with van der Waals surface area (Å²) in [6, 6.07) is 13.5. The molecule has 0 bridgehead atoms. The molecule has 1 unspecified atom stereocenters. The highest BCUT2D eigenvalue weighted by atomic mass is 15.1. The highest BCUT2D eigenvalue weighted by molar-refractivity contribution is 6.11. The van der Waals surface area contributed by atoms with Crippen LogP contribution in [-0.4, -0.2) is 79.9 Å². The first kappa shape index (κ1) is 34.3. The first-order chi connectivity index (χ1) is 22.6. The molecular formula is C41H54N6. The lowest BCUT2D eigenvalue weighted by molar-refractivity contribution is 0.248. The molecule has 0 aliphatic carbocycles. The molecule has 0 saturated carbocycles. The van der Waals surface area contributed by atoms with Crippen LogP contribution in [0.2, 0.25) is 0 Å². The number of fused-ring (bicyclic) bond motifs is 1. The monoisotopic (exact) mass is 630 g/mol. The number of nitrogens with one attached hydrogen (secondary N) is 2. The molecule has 2 aliphatic rings. The Morgan fingerprint density at radius 1 is 1.11 bits per heavy atom. The van der Waals surface area contributed by atoms with E-state index in [1.54, 1.807) is 0 Å². The Morgan fingerprint density at radius 2 is 1.89 bits per heavy atom. The number of likely N-dealkylation sites (tertiary alicyclic amines) is 1. The number of nitrogens with zero attached hydrogens (tertiary/aromatic N) is 4. The number of allylic oxidation sites excluding steroid dienone is 3. The minimum Gasteiger partial charge on any atom is -0.384 e. The van der Waals surface area contributed by atoms with Crippen LogP contribution >= 0.6 is 0 Å².